The lowest BCUT2D eigenvalue weighted by Crippen LogP contribution is -2.10. The van der Waals surface area contributed by atoms with Gasteiger partial charge in [-0.1, -0.05) is 13.8 Å². The number of hydrogen-bond acceptors (Lipinski definition) is 3. The van der Waals surface area contributed by atoms with Crippen LogP contribution in [0.2, 0.25) is 0 Å². The summed E-state index contributed by atoms with van der Waals surface area (Å²) in [5, 5.41) is 3.31. The Morgan fingerprint density at radius 2 is 1.92 bits per heavy atom. The average molecular weight is 177 g/mol. The lowest BCUT2D eigenvalue weighted by atomic mass is 10.2. The molecule has 13 heavy (non-hydrogen) atoms. The van der Waals surface area contributed by atoms with E-state index in [1.807, 2.05) is 19.3 Å². The van der Waals surface area contributed by atoms with E-state index in [-0.39, 0.29) is 0 Å². The highest BCUT2D eigenvalue weighted by Gasteiger charge is 2.46. The molecule has 1 heterocycles. The quantitative estimate of drug-likeness (QED) is 0.750. The van der Waals surface area contributed by atoms with Gasteiger partial charge in [0.2, 0.25) is 5.95 Å². The van der Waals surface area contributed by atoms with Crippen molar-refractivity contribution >= 4 is 5.95 Å². The van der Waals surface area contributed by atoms with Gasteiger partial charge in [0.25, 0.3) is 0 Å². The van der Waals surface area contributed by atoms with Crippen molar-refractivity contribution < 1.29 is 0 Å². The first-order valence-corrected chi connectivity index (χ1v) is 4.63. The van der Waals surface area contributed by atoms with Crippen LogP contribution in [0.1, 0.15) is 25.8 Å². The fourth-order valence-corrected chi connectivity index (χ4v) is 1.34. The van der Waals surface area contributed by atoms with E-state index in [4.69, 9.17) is 0 Å². The fraction of sp³-hybridized carbons (Fsp3) is 0.600. The summed E-state index contributed by atoms with van der Waals surface area (Å²) < 4.78 is 0. The molecule has 1 aliphatic rings. The van der Waals surface area contributed by atoms with Crippen LogP contribution >= 0.6 is 0 Å². The number of nitrogens with one attached hydrogen (secondary N) is 1. The van der Waals surface area contributed by atoms with Crippen molar-refractivity contribution in [2.45, 2.75) is 33.2 Å². The zero-order chi connectivity index (χ0) is 9.47. The van der Waals surface area contributed by atoms with Crippen LogP contribution in [0.15, 0.2) is 12.4 Å². The summed E-state index contributed by atoms with van der Waals surface area (Å²) in [6.07, 6.45) is 4.89. The van der Waals surface area contributed by atoms with Gasteiger partial charge in [-0.25, -0.2) is 9.97 Å². The molecule has 0 spiro atoms. The summed E-state index contributed by atoms with van der Waals surface area (Å²) in [5.41, 5.74) is 1.52. The summed E-state index contributed by atoms with van der Waals surface area (Å²) in [6.45, 7) is 6.49. The minimum atomic E-state index is 0.425. The van der Waals surface area contributed by atoms with Gasteiger partial charge in [0.15, 0.2) is 0 Å². The number of hydrogen-bond donors (Lipinski definition) is 1. The summed E-state index contributed by atoms with van der Waals surface area (Å²) in [4.78, 5) is 8.40. The Morgan fingerprint density at radius 3 is 2.38 bits per heavy atom. The molecule has 0 aliphatic heterocycles. The number of nitrogens with zero attached hydrogens (tertiary/aromatic N) is 2. The molecule has 0 bridgehead atoms. The lowest BCUT2D eigenvalue weighted by Gasteiger charge is -2.05. The second-order valence-electron chi connectivity index (χ2n) is 4.47. The molecule has 1 aliphatic carbocycles. The molecule has 1 atom stereocenters. The Hall–Kier alpha value is -1.12. The Balaban J connectivity index is 2.00. The minimum absolute atomic E-state index is 0.425. The molecule has 2 rings (SSSR count). The van der Waals surface area contributed by atoms with Gasteiger partial charge in [-0.2, -0.15) is 0 Å². The molecule has 1 saturated carbocycles. The first-order chi connectivity index (χ1) is 6.08. The molecule has 3 nitrogen and oxygen atoms in total. The van der Waals surface area contributed by atoms with Crippen LogP contribution in [0.5, 0.6) is 0 Å². The molecule has 0 amide bonds. The second-order valence-corrected chi connectivity index (χ2v) is 4.47. The zero-order valence-corrected chi connectivity index (χ0v) is 8.33. The third-order valence-electron chi connectivity index (χ3n) is 2.60. The SMILES string of the molecule is Cc1cnc(NC2CC2(C)C)nc1. The maximum absolute atomic E-state index is 4.20. The third kappa shape index (κ3) is 1.79. The van der Waals surface area contributed by atoms with Gasteiger partial charge in [-0.05, 0) is 24.3 Å². The Labute approximate surface area is 78.6 Å². The van der Waals surface area contributed by atoms with E-state index in [1.165, 1.54) is 6.42 Å². The Kier molecular flexibility index (Phi) is 1.75. The summed E-state index contributed by atoms with van der Waals surface area (Å²) >= 11 is 0. The molecule has 1 aromatic heterocycles. The van der Waals surface area contributed by atoms with Crippen molar-refractivity contribution in [3.05, 3.63) is 18.0 Å². The van der Waals surface area contributed by atoms with Gasteiger partial charge in [0.1, 0.15) is 0 Å². The third-order valence-corrected chi connectivity index (χ3v) is 2.60. The Bertz CT molecular complexity index is 302. The van der Waals surface area contributed by atoms with E-state index in [1.54, 1.807) is 0 Å². The Morgan fingerprint density at radius 1 is 1.38 bits per heavy atom. The van der Waals surface area contributed by atoms with Crippen molar-refractivity contribution in [2.75, 3.05) is 5.32 Å². The molecule has 1 N–H and O–H groups in total. The fourth-order valence-electron chi connectivity index (χ4n) is 1.34. The van der Waals surface area contributed by atoms with Crippen LogP contribution in [0.25, 0.3) is 0 Å². The monoisotopic (exact) mass is 177 g/mol. The van der Waals surface area contributed by atoms with Crippen molar-refractivity contribution in [3.8, 4) is 0 Å². The maximum atomic E-state index is 4.20. The molecular weight excluding hydrogens is 162 g/mol. The van der Waals surface area contributed by atoms with Crippen LogP contribution in [0.4, 0.5) is 5.95 Å². The minimum Gasteiger partial charge on any atom is -0.351 e. The topological polar surface area (TPSA) is 37.8 Å². The van der Waals surface area contributed by atoms with E-state index in [0.717, 1.165) is 11.5 Å². The lowest BCUT2D eigenvalue weighted by molar-refractivity contribution is 0.629. The highest BCUT2D eigenvalue weighted by molar-refractivity contribution is 5.31. The van der Waals surface area contributed by atoms with Gasteiger partial charge in [-0.15, -0.1) is 0 Å². The average Bonchev–Trinajstić information content (AvgIpc) is 2.64. The second kappa shape index (κ2) is 2.69. The van der Waals surface area contributed by atoms with Gasteiger partial charge >= 0.3 is 0 Å². The van der Waals surface area contributed by atoms with Gasteiger partial charge in [-0.3, -0.25) is 0 Å². The number of aromatic nitrogens is 2. The smallest absolute Gasteiger partial charge is 0.222 e. The molecule has 0 saturated heterocycles. The molecule has 70 valence electrons. The largest absolute Gasteiger partial charge is 0.351 e. The van der Waals surface area contributed by atoms with Crippen molar-refractivity contribution in [1.29, 1.82) is 0 Å². The van der Waals surface area contributed by atoms with Crippen LogP contribution in [-0.2, 0) is 0 Å². The standard InChI is InChI=1S/C10H15N3/c1-7-5-11-9(12-6-7)13-8-4-10(8,2)3/h5-6,8H,4H2,1-3H3,(H,11,12,13). The van der Waals surface area contributed by atoms with Gasteiger partial charge in [0.05, 0.1) is 0 Å². The molecule has 3 heteroatoms. The van der Waals surface area contributed by atoms with Crippen molar-refractivity contribution in [3.63, 3.8) is 0 Å². The van der Waals surface area contributed by atoms with Crippen LogP contribution in [0, 0.1) is 12.3 Å². The van der Waals surface area contributed by atoms with Gasteiger partial charge in [0, 0.05) is 18.4 Å². The van der Waals surface area contributed by atoms with Crippen molar-refractivity contribution in [2.24, 2.45) is 5.41 Å². The molecule has 1 aromatic rings. The zero-order valence-electron chi connectivity index (χ0n) is 8.33. The van der Waals surface area contributed by atoms with E-state index < -0.39 is 0 Å². The van der Waals surface area contributed by atoms with Crippen LogP contribution in [-0.4, -0.2) is 16.0 Å². The van der Waals surface area contributed by atoms with Gasteiger partial charge < -0.3 is 5.32 Å². The highest BCUT2D eigenvalue weighted by atomic mass is 15.1. The first kappa shape index (κ1) is 8.48. The summed E-state index contributed by atoms with van der Waals surface area (Å²) in [6, 6.07) is 0.551. The molecule has 0 aromatic carbocycles. The molecule has 1 fully saturated rings. The van der Waals surface area contributed by atoms with Crippen LogP contribution in [0.3, 0.4) is 0 Å². The summed E-state index contributed by atoms with van der Waals surface area (Å²) in [5.74, 6) is 0.751. The van der Waals surface area contributed by atoms with E-state index in [9.17, 15) is 0 Å². The predicted octanol–water partition coefficient (Wildman–Crippen LogP) is 2.00. The number of rotatable bonds is 2. The number of anilines is 1. The van der Waals surface area contributed by atoms with Crippen molar-refractivity contribution in [1.82, 2.24) is 9.97 Å². The maximum Gasteiger partial charge on any atom is 0.222 e. The predicted molar refractivity (Wildman–Crippen MR) is 52.6 cm³/mol. The summed E-state index contributed by atoms with van der Waals surface area (Å²) in [7, 11) is 0. The van der Waals surface area contributed by atoms with E-state index in [0.29, 0.717) is 11.5 Å². The molecular formula is C10H15N3. The molecule has 0 radical (unpaired) electrons. The van der Waals surface area contributed by atoms with Crippen LogP contribution < -0.4 is 5.32 Å². The number of aryl methyl sites for hydroxylation is 1. The van der Waals surface area contributed by atoms with E-state index in [2.05, 4.69) is 29.1 Å². The van der Waals surface area contributed by atoms with E-state index >= 15 is 0 Å². The molecule has 1 unspecified atom stereocenters. The highest BCUT2D eigenvalue weighted by Crippen LogP contribution is 2.46. The normalized spacial score (nSPS) is 24.1. The first-order valence-electron chi connectivity index (χ1n) is 4.63.